The molecule has 1 N–H and O–H groups in total. The Kier molecular flexibility index (Phi) is 2.77. The van der Waals surface area contributed by atoms with E-state index in [2.05, 4.69) is 30.9 Å². The van der Waals surface area contributed by atoms with Crippen LogP contribution in [0, 0.1) is 0 Å². The number of amidine groups is 1. The van der Waals surface area contributed by atoms with Gasteiger partial charge in [-0.1, -0.05) is 30.3 Å². The zero-order valence-corrected chi connectivity index (χ0v) is 8.48. The van der Waals surface area contributed by atoms with Crippen molar-refractivity contribution in [2.75, 3.05) is 0 Å². The molecule has 4 heteroatoms. The van der Waals surface area contributed by atoms with E-state index in [1.807, 2.05) is 0 Å². The van der Waals surface area contributed by atoms with Crippen molar-refractivity contribution in [2.24, 2.45) is 10.1 Å². The summed E-state index contributed by atoms with van der Waals surface area (Å²) in [6.07, 6.45) is 2.07. The summed E-state index contributed by atoms with van der Waals surface area (Å²) in [6.45, 7) is 6.33. The molecule has 3 nitrogen and oxygen atoms in total. The molecule has 0 radical (unpaired) electrons. The normalized spacial score (nSPS) is 24.6. The Morgan fingerprint density at radius 1 is 1.58 bits per heavy atom. The molecule has 68 valence electrons. The van der Waals surface area contributed by atoms with E-state index in [1.54, 1.807) is 0 Å². The first-order chi connectivity index (χ1) is 5.60. The summed E-state index contributed by atoms with van der Waals surface area (Å²) < 4.78 is 0.0115. The molecule has 0 unspecified atom stereocenters. The summed E-state index contributed by atoms with van der Waals surface area (Å²) in [5.74, 6) is 0. The number of rotatable bonds is 2. The van der Waals surface area contributed by atoms with Gasteiger partial charge in [0.25, 0.3) is 0 Å². The first-order valence-corrected chi connectivity index (χ1v) is 4.91. The highest BCUT2D eigenvalue weighted by Gasteiger charge is 2.33. The monoisotopic (exact) mass is 186 g/mol. The van der Waals surface area contributed by atoms with E-state index in [0.29, 0.717) is 5.17 Å². The quantitative estimate of drug-likeness (QED) is 0.532. The van der Waals surface area contributed by atoms with Crippen molar-refractivity contribution in [1.82, 2.24) is 0 Å². The van der Waals surface area contributed by atoms with E-state index in [-0.39, 0.29) is 4.75 Å². The number of hydrogen-bond donors (Lipinski definition) is 1. The van der Waals surface area contributed by atoms with Crippen LogP contribution < -0.4 is 0 Å². The molecule has 1 aliphatic heterocycles. The zero-order valence-electron chi connectivity index (χ0n) is 7.66. The van der Waals surface area contributed by atoms with Gasteiger partial charge in [0.15, 0.2) is 0 Å². The van der Waals surface area contributed by atoms with E-state index in [1.165, 1.54) is 11.8 Å². The lowest BCUT2D eigenvalue weighted by molar-refractivity contribution is 0.320. The van der Waals surface area contributed by atoms with Crippen molar-refractivity contribution in [3.05, 3.63) is 0 Å². The maximum atomic E-state index is 8.54. The molecular weight excluding hydrogens is 172 g/mol. The van der Waals surface area contributed by atoms with Gasteiger partial charge >= 0.3 is 0 Å². The minimum Gasteiger partial charge on any atom is -0.409 e. The maximum Gasteiger partial charge on any atom is 0.226 e. The summed E-state index contributed by atoms with van der Waals surface area (Å²) in [6, 6.07) is 0. The van der Waals surface area contributed by atoms with E-state index in [0.717, 1.165) is 18.6 Å². The van der Waals surface area contributed by atoms with Gasteiger partial charge in [0, 0.05) is 5.71 Å². The Labute approximate surface area is 77.0 Å². The summed E-state index contributed by atoms with van der Waals surface area (Å²) in [4.78, 5) is 4.23. The third-order valence-electron chi connectivity index (χ3n) is 1.84. The molecule has 0 atom stereocenters. The lowest BCUT2D eigenvalue weighted by Crippen LogP contribution is -2.23. The summed E-state index contributed by atoms with van der Waals surface area (Å²) in [5.41, 5.74) is 1.13. The predicted molar refractivity (Wildman–Crippen MR) is 53.2 cm³/mol. The Bertz CT molecular complexity index is 233. The van der Waals surface area contributed by atoms with E-state index >= 15 is 0 Å². The Morgan fingerprint density at radius 2 is 2.25 bits per heavy atom. The van der Waals surface area contributed by atoms with Gasteiger partial charge in [0.1, 0.15) is 0 Å². The molecular formula is C8H14N2OS. The minimum atomic E-state index is 0.0115. The molecule has 0 aromatic rings. The summed E-state index contributed by atoms with van der Waals surface area (Å²) in [5, 5.41) is 12.1. The highest BCUT2D eigenvalue weighted by molar-refractivity contribution is 8.16. The topological polar surface area (TPSA) is 45.0 Å². The highest BCUT2D eigenvalue weighted by atomic mass is 32.2. The van der Waals surface area contributed by atoms with Crippen LogP contribution in [0.4, 0.5) is 0 Å². The number of hydrogen-bond acceptors (Lipinski definition) is 3. The molecule has 0 aromatic carbocycles. The molecule has 0 saturated carbocycles. The van der Waals surface area contributed by atoms with Crippen LogP contribution in [0.5, 0.6) is 0 Å². The second-order valence-corrected chi connectivity index (χ2v) is 4.89. The van der Waals surface area contributed by atoms with Crippen molar-refractivity contribution in [1.29, 1.82) is 0 Å². The molecule has 0 bridgehead atoms. The van der Waals surface area contributed by atoms with Crippen LogP contribution in [0.15, 0.2) is 10.1 Å². The van der Waals surface area contributed by atoms with Crippen LogP contribution >= 0.6 is 11.8 Å². The average Bonchev–Trinajstić information content (AvgIpc) is 2.28. The van der Waals surface area contributed by atoms with Gasteiger partial charge in [-0.3, -0.25) is 0 Å². The van der Waals surface area contributed by atoms with Crippen LogP contribution in [0.2, 0.25) is 0 Å². The Hall–Kier alpha value is -0.510. The highest BCUT2D eigenvalue weighted by Crippen LogP contribution is 2.35. The van der Waals surface area contributed by atoms with Crippen molar-refractivity contribution in [3.63, 3.8) is 0 Å². The molecule has 0 fully saturated rings. The fourth-order valence-corrected chi connectivity index (χ4v) is 2.12. The molecule has 1 aliphatic rings. The minimum absolute atomic E-state index is 0.0115. The van der Waals surface area contributed by atoms with Gasteiger partial charge in [0.05, 0.1) is 4.75 Å². The molecule has 0 saturated heterocycles. The Balaban J connectivity index is 2.80. The molecule has 1 heterocycles. The van der Waals surface area contributed by atoms with Gasteiger partial charge < -0.3 is 5.21 Å². The smallest absolute Gasteiger partial charge is 0.226 e. The third kappa shape index (κ3) is 1.80. The SMILES string of the molecule is CCCC1=NC(=NO)SC1(C)C. The van der Waals surface area contributed by atoms with Crippen molar-refractivity contribution in [2.45, 2.75) is 38.4 Å². The summed E-state index contributed by atoms with van der Waals surface area (Å²) >= 11 is 1.51. The first-order valence-electron chi connectivity index (χ1n) is 4.09. The molecule has 0 amide bonds. The molecule has 0 spiro atoms. The standard InChI is InChI=1S/C8H14N2OS/c1-4-5-6-8(2,3)12-7(9-6)10-11/h11H,4-5H2,1-3H3. The largest absolute Gasteiger partial charge is 0.409 e. The fourth-order valence-electron chi connectivity index (χ4n) is 1.20. The van der Waals surface area contributed by atoms with Crippen LogP contribution in [-0.2, 0) is 0 Å². The average molecular weight is 186 g/mol. The van der Waals surface area contributed by atoms with Crippen LogP contribution in [0.25, 0.3) is 0 Å². The van der Waals surface area contributed by atoms with Gasteiger partial charge in [-0.25, -0.2) is 4.99 Å². The third-order valence-corrected chi connectivity index (χ3v) is 2.95. The number of aliphatic imine (C=N–C) groups is 1. The Morgan fingerprint density at radius 3 is 2.67 bits per heavy atom. The lowest BCUT2D eigenvalue weighted by atomic mass is 10.0. The van der Waals surface area contributed by atoms with Crippen molar-refractivity contribution in [3.8, 4) is 0 Å². The predicted octanol–water partition coefficient (Wildman–Crippen LogP) is 2.50. The lowest BCUT2D eigenvalue weighted by Gasteiger charge is -2.17. The molecule has 0 aromatic heterocycles. The second kappa shape index (κ2) is 3.47. The molecule has 12 heavy (non-hydrogen) atoms. The van der Waals surface area contributed by atoms with Gasteiger partial charge in [-0.15, -0.1) is 0 Å². The van der Waals surface area contributed by atoms with E-state index < -0.39 is 0 Å². The van der Waals surface area contributed by atoms with E-state index in [9.17, 15) is 0 Å². The molecule has 0 aliphatic carbocycles. The summed E-state index contributed by atoms with van der Waals surface area (Å²) in [7, 11) is 0. The fraction of sp³-hybridized carbons (Fsp3) is 0.750. The maximum absolute atomic E-state index is 8.54. The number of nitrogens with zero attached hydrogens (tertiary/aromatic N) is 2. The van der Waals surface area contributed by atoms with Gasteiger partial charge in [-0.05, 0) is 20.3 Å². The van der Waals surface area contributed by atoms with Crippen molar-refractivity contribution < 1.29 is 5.21 Å². The number of thioether (sulfide) groups is 1. The first kappa shape index (κ1) is 9.58. The number of oxime groups is 1. The zero-order chi connectivity index (χ0) is 9.19. The van der Waals surface area contributed by atoms with E-state index in [4.69, 9.17) is 5.21 Å². The van der Waals surface area contributed by atoms with Crippen LogP contribution in [0.1, 0.15) is 33.6 Å². The van der Waals surface area contributed by atoms with Crippen LogP contribution in [-0.4, -0.2) is 20.8 Å². The second-order valence-electron chi connectivity index (χ2n) is 3.30. The molecule has 1 rings (SSSR count). The van der Waals surface area contributed by atoms with Gasteiger partial charge in [0.2, 0.25) is 5.17 Å². The van der Waals surface area contributed by atoms with Gasteiger partial charge in [-0.2, -0.15) is 0 Å². The van der Waals surface area contributed by atoms with Crippen LogP contribution in [0.3, 0.4) is 0 Å². The van der Waals surface area contributed by atoms with Crippen molar-refractivity contribution >= 4 is 22.6 Å².